The summed E-state index contributed by atoms with van der Waals surface area (Å²) in [7, 11) is 0. The minimum absolute atomic E-state index is 0.206. The summed E-state index contributed by atoms with van der Waals surface area (Å²) in [5, 5.41) is 4.82. The van der Waals surface area contributed by atoms with Crippen LogP contribution in [-0.2, 0) is 41.7 Å². The molecule has 1 aliphatic rings. The van der Waals surface area contributed by atoms with Crippen molar-refractivity contribution in [2.75, 3.05) is 13.2 Å². The van der Waals surface area contributed by atoms with Gasteiger partial charge in [0.05, 0.1) is 6.10 Å². The molecule has 0 radical (unpaired) electrons. The minimum Gasteiger partial charge on any atom is -0.483 e. The third kappa shape index (κ3) is 10.3. The number of fused-ring (bicyclic) bond motifs is 1. The molecule has 1 heterocycles. The molecule has 50 heavy (non-hydrogen) atoms. The molecule has 0 aromatic heterocycles. The number of hydrogen-bond donors (Lipinski definition) is 1. The fraction of sp³-hybridized carbons (Fsp3) is 0.375. The van der Waals surface area contributed by atoms with E-state index in [0.29, 0.717) is 31.9 Å². The number of carbonyl (C=O) groups is 3. The molecule has 2 amide bonds. The van der Waals surface area contributed by atoms with Crippen LogP contribution in [-0.4, -0.2) is 66.7 Å². The predicted molar refractivity (Wildman–Crippen MR) is 189 cm³/mol. The molecule has 0 aliphatic carbocycles. The largest absolute Gasteiger partial charge is 0.483 e. The van der Waals surface area contributed by atoms with Crippen molar-refractivity contribution in [2.45, 2.75) is 83.8 Å². The molecule has 10 heteroatoms. The number of benzene rings is 4. The molecule has 4 aromatic carbocycles. The maximum Gasteiger partial charge on any atom is 0.410 e. The van der Waals surface area contributed by atoms with Gasteiger partial charge in [-0.05, 0) is 48.8 Å². The molecule has 10 nitrogen and oxygen atoms in total. The standard InChI is InChI=1S/C40H46N2O8/c1-28-37(49-30(3)44)38(50-35-23-15-21-33-20-11-12-22-34(33)35)36(41-29(2)43)39(48-28)46-25-14-6-13-24-42(26-31-16-7-4-8-17-31)40(45)47-27-32-18-9-5-10-19-32/h4-5,7-12,15-23,28,36-39H,6,13-14,24-27H2,1-3H3,(H,41,43)/t28-,36-,37+,38-,39-/m1/s1. The smallest absolute Gasteiger partial charge is 0.410 e. The maximum absolute atomic E-state index is 13.1. The van der Waals surface area contributed by atoms with Crippen LogP contribution in [0, 0.1) is 0 Å². The molecular formula is C40H46N2O8. The van der Waals surface area contributed by atoms with E-state index in [0.717, 1.165) is 34.7 Å². The highest BCUT2D eigenvalue weighted by Crippen LogP contribution is 2.32. The lowest BCUT2D eigenvalue weighted by Gasteiger charge is -2.44. The Hall–Kier alpha value is -4.93. The maximum atomic E-state index is 13.1. The number of nitrogens with one attached hydrogen (secondary N) is 1. The first-order chi connectivity index (χ1) is 24.3. The van der Waals surface area contributed by atoms with E-state index in [1.807, 2.05) is 103 Å². The van der Waals surface area contributed by atoms with Gasteiger partial charge in [-0.25, -0.2) is 4.79 Å². The Labute approximate surface area is 293 Å². The van der Waals surface area contributed by atoms with Crippen LogP contribution < -0.4 is 10.1 Å². The van der Waals surface area contributed by atoms with Gasteiger partial charge in [0, 0.05) is 38.9 Å². The lowest BCUT2D eigenvalue weighted by atomic mass is 9.96. The van der Waals surface area contributed by atoms with Gasteiger partial charge in [0.25, 0.3) is 0 Å². The molecule has 0 saturated carbocycles. The highest BCUT2D eigenvalue weighted by atomic mass is 16.7. The summed E-state index contributed by atoms with van der Waals surface area (Å²) in [6.45, 7) is 6.05. The first-order valence-electron chi connectivity index (χ1n) is 17.1. The summed E-state index contributed by atoms with van der Waals surface area (Å²) in [5.41, 5.74) is 1.95. The third-order valence-corrected chi connectivity index (χ3v) is 8.50. The molecule has 1 fully saturated rings. The van der Waals surface area contributed by atoms with E-state index in [1.165, 1.54) is 13.8 Å². The number of nitrogens with zero attached hydrogens (tertiary/aromatic N) is 1. The van der Waals surface area contributed by atoms with Gasteiger partial charge in [-0.2, -0.15) is 0 Å². The number of hydrogen-bond acceptors (Lipinski definition) is 8. The van der Waals surface area contributed by atoms with Crippen molar-refractivity contribution in [1.29, 1.82) is 0 Å². The second kappa shape index (κ2) is 18.2. The molecule has 1 aliphatic heterocycles. The molecule has 0 spiro atoms. The summed E-state index contributed by atoms with van der Waals surface area (Å²) < 4.78 is 30.4. The van der Waals surface area contributed by atoms with Crippen molar-refractivity contribution < 1.29 is 38.1 Å². The van der Waals surface area contributed by atoms with Gasteiger partial charge in [0.1, 0.15) is 18.4 Å². The van der Waals surface area contributed by atoms with Crippen LogP contribution in [0.2, 0.25) is 0 Å². The summed E-state index contributed by atoms with van der Waals surface area (Å²) in [6.07, 6.45) is -1.22. The monoisotopic (exact) mass is 682 g/mol. The highest BCUT2D eigenvalue weighted by molar-refractivity contribution is 5.88. The molecule has 0 bridgehead atoms. The van der Waals surface area contributed by atoms with Gasteiger partial charge in [-0.3, -0.25) is 9.59 Å². The van der Waals surface area contributed by atoms with Crippen LogP contribution in [0.3, 0.4) is 0 Å². The summed E-state index contributed by atoms with van der Waals surface area (Å²) in [4.78, 5) is 39.4. The Balaban J connectivity index is 1.20. The van der Waals surface area contributed by atoms with Crippen LogP contribution in [0.15, 0.2) is 103 Å². The summed E-state index contributed by atoms with van der Waals surface area (Å²) >= 11 is 0. The van der Waals surface area contributed by atoms with E-state index >= 15 is 0 Å². The molecule has 0 unspecified atom stereocenters. The number of ether oxygens (including phenoxy) is 5. The van der Waals surface area contributed by atoms with Crippen LogP contribution in [0.1, 0.15) is 51.2 Å². The van der Waals surface area contributed by atoms with E-state index < -0.39 is 36.6 Å². The summed E-state index contributed by atoms with van der Waals surface area (Å²) in [6, 6.07) is 32.2. The van der Waals surface area contributed by atoms with Crippen LogP contribution in [0.25, 0.3) is 10.8 Å². The zero-order chi connectivity index (χ0) is 35.3. The number of unbranched alkanes of at least 4 members (excludes halogenated alkanes) is 2. The van der Waals surface area contributed by atoms with Crippen molar-refractivity contribution >= 4 is 28.7 Å². The highest BCUT2D eigenvalue weighted by Gasteiger charge is 2.49. The molecule has 4 aromatic rings. The summed E-state index contributed by atoms with van der Waals surface area (Å²) in [5.74, 6) is -0.188. The van der Waals surface area contributed by atoms with E-state index in [2.05, 4.69) is 5.32 Å². The molecule has 1 N–H and O–H groups in total. The quantitative estimate of drug-likeness (QED) is 0.108. The van der Waals surface area contributed by atoms with Gasteiger partial charge in [0.2, 0.25) is 5.91 Å². The van der Waals surface area contributed by atoms with E-state index in [4.69, 9.17) is 23.7 Å². The average Bonchev–Trinajstić information content (AvgIpc) is 3.11. The van der Waals surface area contributed by atoms with Crippen LogP contribution in [0.4, 0.5) is 4.79 Å². The Morgan fingerprint density at radius 2 is 1.46 bits per heavy atom. The van der Waals surface area contributed by atoms with Crippen molar-refractivity contribution in [3.8, 4) is 5.75 Å². The van der Waals surface area contributed by atoms with Crippen LogP contribution >= 0.6 is 0 Å². The molecule has 5 atom stereocenters. The van der Waals surface area contributed by atoms with E-state index in [-0.39, 0.29) is 18.6 Å². The lowest BCUT2D eigenvalue weighted by Crippen LogP contribution is -2.66. The first kappa shape index (κ1) is 36.4. The number of rotatable bonds is 15. The zero-order valence-electron chi connectivity index (χ0n) is 28.9. The van der Waals surface area contributed by atoms with E-state index in [1.54, 1.807) is 11.8 Å². The molecular weight excluding hydrogens is 636 g/mol. The van der Waals surface area contributed by atoms with Gasteiger partial charge in [-0.1, -0.05) is 97.1 Å². The van der Waals surface area contributed by atoms with Gasteiger partial charge in [0.15, 0.2) is 18.5 Å². The Kier molecular flexibility index (Phi) is 13.2. The van der Waals surface area contributed by atoms with Gasteiger partial charge < -0.3 is 33.9 Å². The second-order valence-corrected chi connectivity index (χ2v) is 12.4. The van der Waals surface area contributed by atoms with Crippen molar-refractivity contribution in [2.24, 2.45) is 0 Å². The second-order valence-electron chi connectivity index (χ2n) is 12.4. The number of carbonyl (C=O) groups excluding carboxylic acids is 3. The molecule has 5 rings (SSSR count). The fourth-order valence-electron chi connectivity index (χ4n) is 6.10. The Morgan fingerprint density at radius 3 is 2.18 bits per heavy atom. The topological polar surface area (TPSA) is 113 Å². The zero-order valence-corrected chi connectivity index (χ0v) is 28.9. The Morgan fingerprint density at radius 1 is 0.780 bits per heavy atom. The van der Waals surface area contributed by atoms with Gasteiger partial charge >= 0.3 is 12.1 Å². The van der Waals surface area contributed by atoms with Crippen molar-refractivity contribution in [3.63, 3.8) is 0 Å². The van der Waals surface area contributed by atoms with Crippen molar-refractivity contribution in [3.05, 3.63) is 114 Å². The van der Waals surface area contributed by atoms with Crippen molar-refractivity contribution in [1.82, 2.24) is 10.2 Å². The lowest BCUT2D eigenvalue weighted by molar-refractivity contribution is -0.260. The molecule has 264 valence electrons. The normalized spacial score (nSPS) is 20.1. The minimum atomic E-state index is -0.858. The number of amides is 2. The van der Waals surface area contributed by atoms with Crippen LogP contribution in [0.5, 0.6) is 5.75 Å². The fourth-order valence-corrected chi connectivity index (χ4v) is 6.10. The average molecular weight is 683 g/mol. The third-order valence-electron chi connectivity index (χ3n) is 8.50. The van der Waals surface area contributed by atoms with E-state index in [9.17, 15) is 14.4 Å². The predicted octanol–water partition coefficient (Wildman–Crippen LogP) is 6.79. The molecule has 1 saturated heterocycles. The number of esters is 1. The van der Waals surface area contributed by atoms with Gasteiger partial charge in [-0.15, -0.1) is 0 Å². The first-order valence-corrected chi connectivity index (χ1v) is 17.1. The Bertz CT molecular complexity index is 1680. The SMILES string of the molecule is CC(=O)N[C@H]1[C@H](OCCCCCN(Cc2ccccc2)C(=O)OCc2ccccc2)O[C@H](C)[C@H](OC(C)=O)[C@@H]1Oc1cccc2ccccc12.